The fourth-order valence-electron chi connectivity index (χ4n) is 5.46. The van der Waals surface area contributed by atoms with E-state index < -0.39 is 23.9 Å². The maximum Gasteiger partial charge on any atom is 0.303 e. The van der Waals surface area contributed by atoms with E-state index in [0.717, 1.165) is 57.9 Å². The van der Waals surface area contributed by atoms with E-state index in [9.17, 15) is 19.2 Å². The van der Waals surface area contributed by atoms with Gasteiger partial charge >= 0.3 is 23.9 Å². The molecule has 10 nitrogen and oxygen atoms in total. The number of aliphatic hydroxyl groups is 1. The number of likely N-dealkylation sites (N-methyl/N-ethyl adjacent to an activating group) is 1. The molecule has 0 aliphatic rings. The molecule has 0 fully saturated rings. The quantitative estimate of drug-likeness (QED) is 0.0395. The van der Waals surface area contributed by atoms with Crippen LogP contribution in [0.5, 0.6) is 0 Å². The smallest absolute Gasteiger partial charge is 0.303 e. The standard InChI is InChI=1S/4C10H20O2.C5H13NO/c4*1-2-3-4-5-6-7-8-9-10(11)12;1-5(7)4-6(2)3/h4*2-9H2,1H3,(H,11,12);5,7H,4H2,1-3H3. The molecular weight excluding hydrogens is 698 g/mol. The predicted octanol–water partition coefficient (Wildman–Crippen LogP) is 12.8. The lowest BCUT2D eigenvalue weighted by Crippen LogP contribution is -2.22. The number of hydrogen-bond donors (Lipinski definition) is 5. The minimum Gasteiger partial charge on any atom is -0.481 e. The first-order chi connectivity index (χ1) is 26.2. The van der Waals surface area contributed by atoms with Gasteiger partial charge in [0.25, 0.3) is 0 Å². The minimum atomic E-state index is -0.663. The summed E-state index contributed by atoms with van der Waals surface area (Å²) in [5, 5.41) is 42.1. The van der Waals surface area contributed by atoms with E-state index in [1.165, 1.54) is 128 Å². The van der Waals surface area contributed by atoms with Crippen molar-refractivity contribution in [2.45, 2.75) is 246 Å². The van der Waals surface area contributed by atoms with Gasteiger partial charge in [0.05, 0.1) is 6.10 Å². The van der Waals surface area contributed by atoms with Crippen molar-refractivity contribution in [2.24, 2.45) is 0 Å². The number of aliphatic hydroxyl groups excluding tert-OH is 1. The summed E-state index contributed by atoms with van der Waals surface area (Å²) in [6.07, 6.45) is 34.4. The Morgan fingerprint density at radius 3 is 0.636 bits per heavy atom. The summed E-state index contributed by atoms with van der Waals surface area (Å²) in [6, 6.07) is 0. The van der Waals surface area contributed by atoms with Crippen molar-refractivity contribution >= 4 is 23.9 Å². The van der Waals surface area contributed by atoms with Gasteiger partial charge in [-0.25, -0.2) is 0 Å². The fourth-order valence-corrected chi connectivity index (χ4v) is 5.46. The maximum atomic E-state index is 10.1. The lowest BCUT2D eigenvalue weighted by atomic mass is 10.1. The molecule has 0 aromatic heterocycles. The molecule has 5 N–H and O–H groups in total. The van der Waals surface area contributed by atoms with Crippen molar-refractivity contribution in [1.82, 2.24) is 4.90 Å². The molecule has 0 heterocycles. The van der Waals surface area contributed by atoms with Crippen LogP contribution >= 0.6 is 0 Å². The zero-order chi connectivity index (χ0) is 42.8. The summed E-state index contributed by atoms with van der Waals surface area (Å²) in [5.41, 5.74) is 0. The van der Waals surface area contributed by atoms with Gasteiger partial charge < -0.3 is 30.4 Å². The van der Waals surface area contributed by atoms with Crippen LogP contribution in [0, 0.1) is 0 Å². The van der Waals surface area contributed by atoms with Crippen LogP contribution in [0.15, 0.2) is 0 Å². The monoisotopic (exact) mass is 792 g/mol. The van der Waals surface area contributed by atoms with Crippen LogP contribution in [0.4, 0.5) is 0 Å². The Hall–Kier alpha value is -2.20. The Morgan fingerprint density at radius 2 is 0.527 bits per heavy atom. The van der Waals surface area contributed by atoms with Gasteiger partial charge in [0.15, 0.2) is 0 Å². The van der Waals surface area contributed by atoms with E-state index in [2.05, 4.69) is 27.7 Å². The highest BCUT2D eigenvalue weighted by Gasteiger charge is 1.99. The molecule has 0 rings (SSSR count). The van der Waals surface area contributed by atoms with E-state index in [0.29, 0.717) is 25.7 Å². The molecule has 1 unspecified atom stereocenters. The highest BCUT2D eigenvalue weighted by atomic mass is 16.4. The molecule has 0 saturated carbocycles. The third-order valence-electron chi connectivity index (χ3n) is 8.61. The number of nitrogens with zero attached hydrogens (tertiary/aromatic N) is 1. The molecule has 332 valence electrons. The topological polar surface area (TPSA) is 173 Å². The molecule has 10 heteroatoms. The molecule has 0 aliphatic carbocycles. The molecule has 0 aliphatic heterocycles. The van der Waals surface area contributed by atoms with Gasteiger partial charge in [-0.15, -0.1) is 0 Å². The molecular formula is C45H93NO9. The lowest BCUT2D eigenvalue weighted by molar-refractivity contribution is -0.138. The first kappa shape index (κ1) is 62.0. The van der Waals surface area contributed by atoms with E-state index in [4.69, 9.17) is 25.5 Å². The van der Waals surface area contributed by atoms with Crippen molar-refractivity contribution in [3.63, 3.8) is 0 Å². The third kappa shape index (κ3) is 89.9. The number of carboxylic acids is 4. The first-order valence-corrected chi connectivity index (χ1v) is 22.4. The van der Waals surface area contributed by atoms with Crippen LogP contribution in [-0.2, 0) is 19.2 Å². The molecule has 0 saturated heterocycles. The molecule has 55 heavy (non-hydrogen) atoms. The minimum absolute atomic E-state index is 0.199. The summed E-state index contributed by atoms with van der Waals surface area (Å²) in [7, 11) is 3.87. The van der Waals surface area contributed by atoms with E-state index >= 15 is 0 Å². The summed E-state index contributed by atoms with van der Waals surface area (Å²) in [4.78, 5) is 42.5. The molecule has 0 amide bonds. The zero-order valence-electron chi connectivity index (χ0n) is 37.2. The molecule has 0 aromatic carbocycles. The van der Waals surface area contributed by atoms with Crippen molar-refractivity contribution in [1.29, 1.82) is 0 Å². The zero-order valence-corrected chi connectivity index (χ0v) is 37.2. The van der Waals surface area contributed by atoms with Crippen LogP contribution in [0.1, 0.15) is 240 Å². The van der Waals surface area contributed by atoms with Gasteiger partial charge in [-0.3, -0.25) is 19.2 Å². The average Bonchev–Trinajstić information content (AvgIpc) is 3.10. The Morgan fingerprint density at radius 1 is 0.364 bits per heavy atom. The van der Waals surface area contributed by atoms with Crippen molar-refractivity contribution in [3.8, 4) is 0 Å². The summed E-state index contributed by atoms with van der Waals surface area (Å²) < 4.78 is 0. The largest absolute Gasteiger partial charge is 0.481 e. The summed E-state index contributed by atoms with van der Waals surface area (Å²) in [5.74, 6) is -2.65. The van der Waals surface area contributed by atoms with Crippen molar-refractivity contribution in [2.75, 3.05) is 20.6 Å². The van der Waals surface area contributed by atoms with Gasteiger partial charge in [0.2, 0.25) is 0 Å². The Balaban J connectivity index is -0.000000191. The first-order valence-electron chi connectivity index (χ1n) is 22.4. The number of unbranched alkanes of at least 4 members (excludes halogenated alkanes) is 24. The fraction of sp³-hybridized carbons (Fsp3) is 0.911. The molecule has 0 radical (unpaired) electrons. The molecule has 0 spiro atoms. The van der Waals surface area contributed by atoms with E-state index in [-0.39, 0.29) is 6.10 Å². The van der Waals surface area contributed by atoms with Gasteiger partial charge in [-0.1, -0.05) is 182 Å². The molecule has 1 atom stereocenters. The summed E-state index contributed by atoms with van der Waals surface area (Å²) >= 11 is 0. The van der Waals surface area contributed by atoms with Crippen molar-refractivity contribution in [3.05, 3.63) is 0 Å². The van der Waals surface area contributed by atoms with Crippen molar-refractivity contribution < 1.29 is 44.7 Å². The lowest BCUT2D eigenvalue weighted by Gasteiger charge is -2.10. The van der Waals surface area contributed by atoms with Gasteiger partial charge in [0, 0.05) is 32.2 Å². The Labute approximate surface area is 339 Å². The second kappa shape index (κ2) is 56.1. The summed E-state index contributed by atoms with van der Waals surface area (Å²) in [6.45, 7) is 11.3. The second-order valence-electron chi connectivity index (χ2n) is 15.2. The highest BCUT2D eigenvalue weighted by Crippen LogP contribution is 2.10. The van der Waals surface area contributed by atoms with Gasteiger partial charge in [-0.2, -0.15) is 0 Å². The van der Waals surface area contributed by atoms with E-state index in [1.807, 2.05) is 19.0 Å². The highest BCUT2D eigenvalue weighted by molar-refractivity contribution is 5.67. The van der Waals surface area contributed by atoms with Crippen LogP contribution in [0.2, 0.25) is 0 Å². The van der Waals surface area contributed by atoms with E-state index in [1.54, 1.807) is 6.92 Å². The number of hydrogen-bond acceptors (Lipinski definition) is 6. The SMILES string of the molecule is CC(O)CN(C)C.CCCCCCCCCC(=O)O.CCCCCCCCCC(=O)O.CCCCCCCCCC(=O)O.CCCCCCCCCC(=O)O. The average molecular weight is 792 g/mol. The van der Waals surface area contributed by atoms with Crippen LogP contribution in [0.25, 0.3) is 0 Å². The van der Waals surface area contributed by atoms with Crippen LogP contribution < -0.4 is 0 Å². The maximum absolute atomic E-state index is 10.1. The Bertz CT molecular complexity index is 657. The second-order valence-corrected chi connectivity index (χ2v) is 15.2. The van der Waals surface area contributed by atoms with Crippen LogP contribution in [-0.4, -0.2) is 81.1 Å². The van der Waals surface area contributed by atoms with Gasteiger partial charge in [0.1, 0.15) is 0 Å². The third-order valence-corrected chi connectivity index (χ3v) is 8.61. The normalized spacial score (nSPS) is 10.7. The number of carboxylic acid groups (broad SMARTS) is 4. The molecule has 0 bridgehead atoms. The van der Waals surface area contributed by atoms with Crippen LogP contribution in [0.3, 0.4) is 0 Å². The number of rotatable bonds is 34. The number of aliphatic carboxylic acids is 4. The predicted molar refractivity (Wildman–Crippen MR) is 231 cm³/mol. The Kier molecular flexibility index (Phi) is 63.3. The molecule has 0 aromatic rings. The number of carbonyl (C=O) groups is 4. The van der Waals surface area contributed by atoms with Gasteiger partial charge in [-0.05, 0) is 46.7 Å².